The van der Waals surface area contributed by atoms with Gasteiger partial charge in [-0.15, -0.1) is 0 Å². The van der Waals surface area contributed by atoms with E-state index in [0.29, 0.717) is 24.5 Å². The first-order valence-electron chi connectivity index (χ1n) is 8.30. The molecule has 2 aliphatic heterocycles. The molecule has 128 valence electrons. The molecule has 0 unspecified atom stereocenters. The van der Waals surface area contributed by atoms with Crippen molar-refractivity contribution in [1.29, 1.82) is 0 Å². The minimum absolute atomic E-state index is 0.0217. The van der Waals surface area contributed by atoms with Gasteiger partial charge in [0.2, 0.25) is 5.91 Å². The first-order valence-corrected chi connectivity index (χ1v) is 8.68. The van der Waals surface area contributed by atoms with Crippen LogP contribution in [0.5, 0.6) is 0 Å². The van der Waals surface area contributed by atoms with Gasteiger partial charge in [0.05, 0.1) is 11.1 Å². The van der Waals surface area contributed by atoms with Crippen molar-refractivity contribution in [2.24, 2.45) is 10.4 Å². The SMILES string of the molecule is Cc1cnc2c(c1)CC(c1cc(NC(=O)C3(C)CNC3)ccc1Cl)=N2. The molecule has 2 aromatic rings. The number of aliphatic imine (C=N–C) groups is 1. The van der Waals surface area contributed by atoms with E-state index in [1.807, 2.05) is 32.2 Å². The molecule has 4 rings (SSSR count). The first kappa shape index (κ1) is 16.2. The number of nitrogens with one attached hydrogen (secondary N) is 2. The minimum atomic E-state index is -0.345. The molecule has 2 aliphatic rings. The van der Waals surface area contributed by atoms with E-state index in [9.17, 15) is 4.79 Å². The van der Waals surface area contributed by atoms with Gasteiger partial charge < -0.3 is 10.6 Å². The maximum absolute atomic E-state index is 12.4. The molecule has 1 saturated heterocycles. The van der Waals surface area contributed by atoms with Crippen molar-refractivity contribution in [2.75, 3.05) is 18.4 Å². The predicted molar refractivity (Wildman–Crippen MR) is 99.9 cm³/mol. The Morgan fingerprint density at radius 1 is 1.32 bits per heavy atom. The zero-order valence-electron chi connectivity index (χ0n) is 14.2. The van der Waals surface area contributed by atoms with Gasteiger partial charge in [-0.2, -0.15) is 0 Å². The van der Waals surface area contributed by atoms with Crippen LogP contribution in [0.2, 0.25) is 5.02 Å². The van der Waals surface area contributed by atoms with Crippen molar-refractivity contribution in [3.63, 3.8) is 0 Å². The second-order valence-electron chi connectivity index (χ2n) is 7.04. The van der Waals surface area contributed by atoms with E-state index >= 15 is 0 Å². The van der Waals surface area contributed by atoms with Crippen LogP contribution < -0.4 is 10.6 Å². The van der Waals surface area contributed by atoms with E-state index in [2.05, 4.69) is 26.7 Å². The number of amides is 1. The molecule has 3 heterocycles. The molecule has 5 nitrogen and oxygen atoms in total. The van der Waals surface area contributed by atoms with Crippen LogP contribution in [0.1, 0.15) is 23.6 Å². The molecule has 0 radical (unpaired) electrons. The lowest BCUT2D eigenvalue weighted by Gasteiger charge is -2.37. The Morgan fingerprint density at radius 2 is 2.12 bits per heavy atom. The largest absolute Gasteiger partial charge is 0.326 e. The van der Waals surface area contributed by atoms with Crippen LogP contribution >= 0.6 is 11.6 Å². The number of aryl methyl sites for hydroxylation is 1. The predicted octanol–water partition coefficient (Wildman–Crippen LogP) is 3.27. The summed E-state index contributed by atoms with van der Waals surface area (Å²) in [6, 6.07) is 7.62. The maximum Gasteiger partial charge on any atom is 0.232 e. The lowest BCUT2D eigenvalue weighted by molar-refractivity contribution is -0.127. The number of carbonyl (C=O) groups is 1. The average molecular weight is 355 g/mol. The van der Waals surface area contributed by atoms with Crippen molar-refractivity contribution in [3.05, 3.63) is 52.2 Å². The highest BCUT2D eigenvalue weighted by molar-refractivity contribution is 6.34. The van der Waals surface area contributed by atoms with Gasteiger partial charge >= 0.3 is 0 Å². The molecular formula is C19H19ClN4O. The summed E-state index contributed by atoms with van der Waals surface area (Å²) in [5, 5.41) is 6.76. The highest BCUT2D eigenvalue weighted by Gasteiger charge is 2.39. The number of fused-ring (bicyclic) bond motifs is 1. The molecule has 1 amide bonds. The third-order valence-corrected chi connectivity index (χ3v) is 5.12. The Morgan fingerprint density at radius 3 is 2.84 bits per heavy atom. The third kappa shape index (κ3) is 2.94. The normalized spacial score (nSPS) is 17.5. The lowest BCUT2D eigenvalue weighted by Crippen LogP contribution is -2.58. The number of anilines is 1. The lowest BCUT2D eigenvalue weighted by atomic mass is 9.83. The van der Waals surface area contributed by atoms with Gasteiger partial charge in [0.1, 0.15) is 0 Å². The van der Waals surface area contributed by atoms with Crippen LogP contribution in [0.25, 0.3) is 0 Å². The van der Waals surface area contributed by atoms with Gasteiger partial charge in [0.25, 0.3) is 0 Å². The molecular weight excluding hydrogens is 336 g/mol. The summed E-state index contributed by atoms with van der Waals surface area (Å²) in [4.78, 5) is 21.4. The number of aromatic nitrogens is 1. The van der Waals surface area contributed by atoms with E-state index in [4.69, 9.17) is 11.6 Å². The highest BCUT2D eigenvalue weighted by Crippen LogP contribution is 2.31. The van der Waals surface area contributed by atoms with E-state index in [0.717, 1.165) is 33.9 Å². The molecule has 25 heavy (non-hydrogen) atoms. The number of hydrogen-bond donors (Lipinski definition) is 2. The monoisotopic (exact) mass is 354 g/mol. The van der Waals surface area contributed by atoms with Gasteiger partial charge in [-0.3, -0.25) is 4.79 Å². The molecule has 0 saturated carbocycles. The zero-order valence-corrected chi connectivity index (χ0v) is 14.9. The molecule has 0 atom stereocenters. The van der Waals surface area contributed by atoms with Gasteiger partial charge in [-0.05, 0) is 37.6 Å². The van der Waals surface area contributed by atoms with E-state index < -0.39 is 0 Å². The van der Waals surface area contributed by atoms with Gasteiger partial charge in [0.15, 0.2) is 5.82 Å². The van der Waals surface area contributed by atoms with Gasteiger partial charge in [-0.25, -0.2) is 9.98 Å². The first-order chi connectivity index (χ1) is 11.9. The van der Waals surface area contributed by atoms with E-state index in [1.54, 1.807) is 6.07 Å². The fourth-order valence-corrected chi connectivity index (χ4v) is 3.35. The fraction of sp³-hybridized carbons (Fsp3) is 0.316. The smallest absolute Gasteiger partial charge is 0.232 e. The minimum Gasteiger partial charge on any atom is -0.326 e. The number of rotatable bonds is 3. The Hall–Kier alpha value is -2.24. The van der Waals surface area contributed by atoms with Crippen molar-refractivity contribution in [3.8, 4) is 0 Å². The summed E-state index contributed by atoms with van der Waals surface area (Å²) in [6.45, 7) is 5.38. The van der Waals surface area contributed by atoms with Crippen LogP contribution in [0.3, 0.4) is 0 Å². The van der Waals surface area contributed by atoms with Crippen LogP contribution in [0.15, 0.2) is 35.5 Å². The number of carbonyl (C=O) groups excluding carboxylic acids is 1. The molecule has 1 aromatic carbocycles. The van der Waals surface area contributed by atoms with Gasteiger partial charge in [-0.1, -0.05) is 17.7 Å². The summed E-state index contributed by atoms with van der Waals surface area (Å²) in [5.74, 6) is 0.771. The Labute approximate surface area is 151 Å². The molecule has 1 fully saturated rings. The number of benzene rings is 1. The highest BCUT2D eigenvalue weighted by atomic mass is 35.5. The Balaban J connectivity index is 1.60. The number of halogens is 1. The Kier molecular flexibility index (Phi) is 3.85. The summed E-state index contributed by atoms with van der Waals surface area (Å²) < 4.78 is 0. The van der Waals surface area contributed by atoms with Crippen molar-refractivity contribution in [2.45, 2.75) is 20.3 Å². The second-order valence-corrected chi connectivity index (χ2v) is 7.45. The van der Waals surface area contributed by atoms with Crippen molar-refractivity contribution in [1.82, 2.24) is 10.3 Å². The van der Waals surface area contributed by atoms with E-state index in [-0.39, 0.29) is 11.3 Å². The fourth-order valence-electron chi connectivity index (χ4n) is 3.12. The van der Waals surface area contributed by atoms with Crippen LogP contribution in [0, 0.1) is 12.3 Å². The van der Waals surface area contributed by atoms with Crippen LogP contribution in [-0.2, 0) is 11.2 Å². The maximum atomic E-state index is 12.4. The average Bonchev–Trinajstić information content (AvgIpc) is 2.97. The Bertz CT molecular complexity index is 902. The molecule has 1 aromatic heterocycles. The summed E-state index contributed by atoms with van der Waals surface area (Å²) in [5.41, 5.74) is 4.33. The molecule has 6 heteroatoms. The number of nitrogens with zero attached hydrogens (tertiary/aromatic N) is 2. The summed E-state index contributed by atoms with van der Waals surface area (Å²) >= 11 is 6.39. The van der Waals surface area contributed by atoms with Crippen LogP contribution in [-0.4, -0.2) is 29.7 Å². The molecule has 0 bridgehead atoms. The summed E-state index contributed by atoms with van der Waals surface area (Å²) in [6.07, 6.45) is 2.51. The molecule has 2 N–H and O–H groups in total. The zero-order chi connectivity index (χ0) is 17.6. The summed E-state index contributed by atoms with van der Waals surface area (Å²) in [7, 11) is 0. The van der Waals surface area contributed by atoms with Gasteiger partial charge in [0, 0.05) is 47.5 Å². The third-order valence-electron chi connectivity index (χ3n) is 4.79. The van der Waals surface area contributed by atoms with E-state index in [1.165, 1.54) is 0 Å². The standard InChI is InChI=1S/C19H19ClN4O/c1-11-5-12-6-16(24-17(12)22-8-11)14-7-13(3-4-15(14)20)23-18(25)19(2)9-21-10-19/h3-5,7-8,21H,6,9-10H2,1-2H3,(H,23,25). The molecule has 0 spiro atoms. The quantitative estimate of drug-likeness (QED) is 0.889. The van der Waals surface area contributed by atoms with Crippen molar-refractivity contribution < 1.29 is 4.79 Å². The number of hydrogen-bond acceptors (Lipinski definition) is 4. The number of pyridine rings is 1. The van der Waals surface area contributed by atoms with Crippen LogP contribution in [0.4, 0.5) is 11.5 Å². The topological polar surface area (TPSA) is 66.4 Å². The second kappa shape index (κ2) is 5.93. The molecule has 0 aliphatic carbocycles. The van der Waals surface area contributed by atoms with Crippen molar-refractivity contribution >= 4 is 34.7 Å².